The summed E-state index contributed by atoms with van der Waals surface area (Å²) in [7, 11) is -1.66. The molecule has 1 N–H and O–H groups in total. The third-order valence-electron chi connectivity index (χ3n) is 2.03. The van der Waals surface area contributed by atoms with Gasteiger partial charge in [-0.15, -0.1) is 0 Å². The molecule has 1 aliphatic heterocycles. The zero-order valence-corrected chi connectivity index (χ0v) is 8.05. The standard InChI is InChI=1S/C8H8NO4P/c10-9(11)5-7-6-3-1-2-4-8(6)14(12)13-7/h1-4,7,12H,5H2. The number of rotatable bonds is 2. The maximum Gasteiger partial charge on any atom is 0.234 e. The topological polar surface area (TPSA) is 72.6 Å². The van der Waals surface area contributed by atoms with Crippen molar-refractivity contribution in [1.82, 2.24) is 0 Å². The van der Waals surface area contributed by atoms with Gasteiger partial charge in [-0.25, -0.2) is 0 Å². The van der Waals surface area contributed by atoms with Gasteiger partial charge in [0.1, 0.15) is 0 Å². The molecule has 0 aromatic heterocycles. The lowest BCUT2D eigenvalue weighted by atomic mass is 10.1. The van der Waals surface area contributed by atoms with Crippen LogP contribution in [0.25, 0.3) is 0 Å². The molecular formula is C8H8NO4P. The largest absolute Gasteiger partial charge is 0.346 e. The summed E-state index contributed by atoms with van der Waals surface area (Å²) < 4.78 is 5.12. The molecule has 14 heavy (non-hydrogen) atoms. The van der Waals surface area contributed by atoms with Crippen LogP contribution in [0.3, 0.4) is 0 Å². The molecule has 1 heterocycles. The van der Waals surface area contributed by atoms with Crippen molar-refractivity contribution < 1.29 is 14.3 Å². The van der Waals surface area contributed by atoms with Crippen LogP contribution in [0.1, 0.15) is 11.7 Å². The van der Waals surface area contributed by atoms with Gasteiger partial charge in [-0.3, -0.25) is 10.1 Å². The SMILES string of the molecule is O=[N+]([O-])CC1OP(O)c2ccccc21. The Kier molecular flexibility index (Phi) is 2.46. The normalized spacial score (nSPS) is 24.6. The van der Waals surface area contributed by atoms with Crippen LogP contribution in [0.15, 0.2) is 24.3 Å². The van der Waals surface area contributed by atoms with E-state index in [9.17, 15) is 15.0 Å². The van der Waals surface area contributed by atoms with Gasteiger partial charge in [-0.2, -0.15) is 0 Å². The van der Waals surface area contributed by atoms with Crippen molar-refractivity contribution in [2.45, 2.75) is 6.10 Å². The second-order valence-electron chi connectivity index (χ2n) is 2.94. The fourth-order valence-corrected chi connectivity index (χ4v) is 2.62. The molecule has 2 rings (SSSR count). The molecule has 5 nitrogen and oxygen atoms in total. The molecule has 0 saturated carbocycles. The quantitative estimate of drug-likeness (QED) is 0.451. The van der Waals surface area contributed by atoms with Crippen LogP contribution in [-0.4, -0.2) is 16.4 Å². The smallest absolute Gasteiger partial charge is 0.234 e. The minimum Gasteiger partial charge on any atom is -0.346 e. The predicted octanol–water partition coefficient (Wildman–Crippen LogP) is 0.964. The van der Waals surface area contributed by atoms with Gasteiger partial charge in [0.15, 0.2) is 6.10 Å². The van der Waals surface area contributed by atoms with Crippen molar-refractivity contribution >= 4 is 13.7 Å². The summed E-state index contributed by atoms with van der Waals surface area (Å²) in [5.41, 5.74) is 0.734. The van der Waals surface area contributed by atoms with Gasteiger partial charge in [0.25, 0.3) is 0 Å². The Morgan fingerprint density at radius 1 is 1.57 bits per heavy atom. The van der Waals surface area contributed by atoms with E-state index in [0.29, 0.717) is 5.30 Å². The first-order chi connectivity index (χ1) is 6.68. The lowest BCUT2D eigenvalue weighted by Crippen LogP contribution is -2.12. The first kappa shape index (κ1) is 9.52. The molecule has 6 heteroatoms. The maximum absolute atomic E-state index is 10.3. The Hall–Kier alpha value is -1.03. The van der Waals surface area contributed by atoms with Crippen molar-refractivity contribution in [3.05, 3.63) is 39.9 Å². The highest BCUT2D eigenvalue weighted by Crippen LogP contribution is 2.45. The summed E-state index contributed by atoms with van der Waals surface area (Å²) >= 11 is 0. The fourth-order valence-electron chi connectivity index (χ4n) is 1.44. The van der Waals surface area contributed by atoms with Crippen molar-refractivity contribution in [3.63, 3.8) is 0 Å². The van der Waals surface area contributed by atoms with Gasteiger partial charge in [0.05, 0.1) is 0 Å². The molecule has 2 atom stereocenters. The number of nitrogens with zero attached hydrogens (tertiary/aromatic N) is 1. The minimum atomic E-state index is -1.66. The van der Waals surface area contributed by atoms with E-state index in [1.165, 1.54) is 0 Å². The average molecular weight is 213 g/mol. The van der Waals surface area contributed by atoms with E-state index >= 15 is 0 Å². The summed E-state index contributed by atoms with van der Waals surface area (Å²) in [5, 5.41) is 11.0. The van der Waals surface area contributed by atoms with E-state index in [1.54, 1.807) is 24.3 Å². The predicted molar refractivity (Wildman–Crippen MR) is 50.9 cm³/mol. The summed E-state index contributed by atoms with van der Waals surface area (Å²) in [5.74, 6) is 0. The van der Waals surface area contributed by atoms with E-state index in [0.717, 1.165) is 5.56 Å². The second kappa shape index (κ2) is 3.61. The Balaban J connectivity index is 2.29. The zero-order valence-electron chi connectivity index (χ0n) is 7.16. The van der Waals surface area contributed by atoms with Crippen molar-refractivity contribution in [1.29, 1.82) is 0 Å². The number of fused-ring (bicyclic) bond motifs is 1. The molecule has 0 radical (unpaired) electrons. The zero-order chi connectivity index (χ0) is 10.1. The molecule has 0 bridgehead atoms. The average Bonchev–Trinajstić information content (AvgIpc) is 2.44. The van der Waals surface area contributed by atoms with Gasteiger partial charge in [0, 0.05) is 15.8 Å². The van der Waals surface area contributed by atoms with Gasteiger partial charge >= 0.3 is 0 Å². The van der Waals surface area contributed by atoms with Gasteiger partial charge in [-0.05, 0) is 6.07 Å². The van der Waals surface area contributed by atoms with Gasteiger partial charge < -0.3 is 9.42 Å². The summed E-state index contributed by atoms with van der Waals surface area (Å²) in [6, 6.07) is 7.05. The van der Waals surface area contributed by atoms with Crippen LogP contribution in [0.5, 0.6) is 0 Å². The van der Waals surface area contributed by atoms with E-state index in [-0.39, 0.29) is 6.54 Å². The van der Waals surface area contributed by atoms with Crippen LogP contribution in [0.4, 0.5) is 0 Å². The molecule has 74 valence electrons. The first-order valence-electron chi connectivity index (χ1n) is 4.05. The minimum absolute atomic E-state index is 0.295. The summed E-state index contributed by atoms with van der Waals surface area (Å²) in [6.07, 6.45) is -0.600. The first-order valence-corrected chi connectivity index (χ1v) is 5.26. The highest BCUT2D eigenvalue weighted by atomic mass is 31.2. The van der Waals surface area contributed by atoms with Gasteiger partial charge in [0.2, 0.25) is 14.9 Å². The Morgan fingerprint density at radius 3 is 3.00 bits per heavy atom. The van der Waals surface area contributed by atoms with E-state index in [1.807, 2.05) is 0 Å². The van der Waals surface area contributed by atoms with Crippen LogP contribution >= 0.6 is 8.38 Å². The number of nitro groups is 1. The lowest BCUT2D eigenvalue weighted by molar-refractivity contribution is -0.489. The highest BCUT2D eigenvalue weighted by Gasteiger charge is 2.34. The summed E-state index contributed by atoms with van der Waals surface area (Å²) in [6.45, 7) is -0.295. The second-order valence-corrected chi connectivity index (χ2v) is 4.18. The Bertz CT molecular complexity index is 370. The van der Waals surface area contributed by atoms with E-state index in [4.69, 9.17) is 4.52 Å². The maximum atomic E-state index is 10.3. The van der Waals surface area contributed by atoms with Crippen LogP contribution in [0, 0.1) is 10.1 Å². The number of hydrogen-bond acceptors (Lipinski definition) is 4. The molecule has 1 aliphatic rings. The number of benzene rings is 1. The molecule has 2 unspecified atom stereocenters. The molecular weight excluding hydrogens is 205 g/mol. The third-order valence-corrected chi connectivity index (χ3v) is 3.31. The van der Waals surface area contributed by atoms with Crippen molar-refractivity contribution in [3.8, 4) is 0 Å². The fraction of sp³-hybridized carbons (Fsp3) is 0.250. The van der Waals surface area contributed by atoms with Gasteiger partial charge in [-0.1, -0.05) is 18.2 Å². The molecule has 1 aromatic carbocycles. The van der Waals surface area contributed by atoms with Crippen molar-refractivity contribution in [2.24, 2.45) is 0 Å². The van der Waals surface area contributed by atoms with Crippen LogP contribution in [0.2, 0.25) is 0 Å². The summed E-state index contributed by atoms with van der Waals surface area (Å²) in [4.78, 5) is 19.4. The molecule has 1 aromatic rings. The lowest BCUT2D eigenvalue weighted by Gasteiger charge is -2.04. The third kappa shape index (κ3) is 1.62. The van der Waals surface area contributed by atoms with Crippen molar-refractivity contribution in [2.75, 3.05) is 6.54 Å². The molecule has 0 fully saturated rings. The van der Waals surface area contributed by atoms with Crippen LogP contribution < -0.4 is 5.30 Å². The van der Waals surface area contributed by atoms with E-state index in [2.05, 4.69) is 0 Å². The monoisotopic (exact) mass is 213 g/mol. The molecule has 0 spiro atoms. The van der Waals surface area contributed by atoms with Crippen LogP contribution in [-0.2, 0) is 4.52 Å². The molecule has 0 aliphatic carbocycles. The molecule has 0 saturated heterocycles. The Labute approximate surface area is 81.4 Å². The Morgan fingerprint density at radius 2 is 2.29 bits per heavy atom. The highest BCUT2D eigenvalue weighted by molar-refractivity contribution is 7.55. The molecule has 0 amide bonds. The van der Waals surface area contributed by atoms with E-state index < -0.39 is 19.4 Å². The number of hydrogen-bond donors (Lipinski definition) is 1.